The van der Waals surface area contributed by atoms with E-state index in [4.69, 9.17) is 25.6 Å². The number of primary amides is 1. The van der Waals surface area contributed by atoms with Gasteiger partial charge >= 0.3 is 0 Å². The van der Waals surface area contributed by atoms with Gasteiger partial charge in [-0.25, -0.2) is 9.97 Å². The van der Waals surface area contributed by atoms with Crippen LogP contribution in [0.4, 0.5) is 22.8 Å². The Morgan fingerprint density at radius 3 is 2.81 bits per heavy atom. The maximum atomic E-state index is 12.9. The number of carbonyl (C=O) groups is 1. The van der Waals surface area contributed by atoms with Gasteiger partial charge in [-0.15, -0.1) is 11.3 Å². The average molecular weight is 608 g/mol. The second-order valence-corrected chi connectivity index (χ2v) is 12.3. The van der Waals surface area contributed by atoms with E-state index >= 15 is 0 Å². The molecule has 1 saturated heterocycles. The van der Waals surface area contributed by atoms with E-state index in [2.05, 4.69) is 20.6 Å². The number of nitrogens with two attached hydrogens (primary N) is 2. The molecule has 15 heteroatoms. The van der Waals surface area contributed by atoms with Crippen LogP contribution in [-0.2, 0) is 4.74 Å². The maximum Gasteiger partial charge on any atom is 0.256 e. The highest BCUT2D eigenvalue weighted by Gasteiger charge is 2.26. The van der Waals surface area contributed by atoms with Crippen LogP contribution in [0, 0.1) is 0 Å². The van der Waals surface area contributed by atoms with Gasteiger partial charge in [-0.1, -0.05) is 24.2 Å². The highest BCUT2D eigenvalue weighted by Crippen LogP contribution is 2.39. The number of nitrogens with one attached hydrogen (secondary N) is 2. The molecule has 6 heterocycles. The van der Waals surface area contributed by atoms with Crippen molar-refractivity contribution in [3.8, 4) is 10.4 Å². The second-order valence-electron chi connectivity index (χ2n) is 10.4. The molecule has 5 aromatic heterocycles. The second kappa shape index (κ2) is 11.0. The molecule has 2 atom stereocenters. The number of hydrogen-bond acceptors (Lipinski definition) is 13. The van der Waals surface area contributed by atoms with E-state index in [1.54, 1.807) is 29.1 Å². The Bertz CT molecular complexity index is 1840. The number of nitrogens with zero attached hydrogens (tertiary/aromatic N) is 5. The Labute approximate surface area is 247 Å². The van der Waals surface area contributed by atoms with Crippen molar-refractivity contribution in [2.24, 2.45) is 11.5 Å². The Morgan fingerprint density at radius 1 is 1.17 bits per heavy atom. The summed E-state index contributed by atoms with van der Waals surface area (Å²) in [5.74, 6) is 0.611. The van der Waals surface area contributed by atoms with Gasteiger partial charge < -0.3 is 36.2 Å². The lowest BCUT2D eigenvalue weighted by Crippen LogP contribution is -2.43. The molecule has 1 saturated carbocycles. The number of imidazole rings is 1. The molecule has 0 bridgehead atoms. The van der Waals surface area contributed by atoms with E-state index in [1.165, 1.54) is 22.7 Å². The quantitative estimate of drug-likeness (QED) is 0.213. The standard InChI is InChI=1S/C27H29N9O4S2/c28-15-3-1-2-4-16(15)32-26-33-24(20(23(29)38)25-30-5-6-36(25)26)34-27-31-12-18(42-27)14-13-41-22-17(37)11-19(40-21(14)22)35-7-9-39-10-8-35/h5-6,11-13,15-16H,1-4,7-10,28H2,(H2,29,38)(H,31,34)(H,32,33)/t15-,16+/m1/s1. The fourth-order valence-corrected chi connectivity index (χ4v) is 7.31. The highest BCUT2D eigenvalue weighted by molar-refractivity contribution is 7.20. The summed E-state index contributed by atoms with van der Waals surface area (Å²) in [4.78, 5) is 42.0. The fraction of sp³-hybridized carbons (Fsp3) is 0.370. The summed E-state index contributed by atoms with van der Waals surface area (Å²) < 4.78 is 14.0. The Kier molecular flexibility index (Phi) is 7.01. The lowest BCUT2D eigenvalue weighted by molar-refractivity contribution is 0.100. The minimum Gasteiger partial charge on any atom is -0.439 e. The van der Waals surface area contributed by atoms with Crippen LogP contribution in [0.25, 0.3) is 26.4 Å². The lowest BCUT2D eigenvalue weighted by atomic mass is 9.91. The average Bonchev–Trinajstić information content (AvgIpc) is 3.75. The summed E-state index contributed by atoms with van der Waals surface area (Å²) in [7, 11) is 0. The zero-order chi connectivity index (χ0) is 28.8. The molecule has 0 spiro atoms. The Morgan fingerprint density at radius 2 is 2.00 bits per heavy atom. The Balaban J connectivity index is 1.23. The molecule has 1 aliphatic heterocycles. The number of rotatable bonds is 7. The van der Waals surface area contributed by atoms with Gasteiger partial charge in [0.05, 0.1) is 18.1 Å². The number of hydrogen-bond donors (Lipinski definition) is 4. The summed E-state index contributed by atoms with van der Waals surface area (Å²) in [6.07, 6.45) is 9.07. The monoisotopic (exact) mass is 607 g/mol. The number of thiazole rings is 1. The van der Waals surface area contributed by atoms with Crippen LogP contribution in [0.15, 0.2) is 39.2 Å². The van der Waals surface area contributed by atoms with Crippen LogP contribution in [0.2, 0.25) is 0 Å². The van der Waals surface area contributed by atoms with Gasteiger partial charge in [-0.3, -0.25) is 14.0 Å². The van der Waals surface area contributed by atoms with Crippen LogP contribution in [0.5, 0.6) is 0 Å². The molecule has 6 N–H and O–H groups in total. The van der Waals surface area contributed by atoms with Crippen molar-refractivity contribution in [1.82, 2.24) is 19.4 Å². The van der Waals surface area contributed by atoms with Crippen molar-refractivity contribution in [3.05, 3.63) is 45.8 Å². The summed E-state index contributed by atoms with van der Waals surface area (Å²) >= 11 is 2.68. The van der Waals surface area contributed by atoms with Crippen LogP contribution < -0.4 is 32.4 Å². The van der Waals surface area contributed by atoms with Gasteiger partial charge in [0, 0.05) is 60.8 Å². The summed E-state index contributed by atoms with van der Waals surface area (Å²) in [6.45, 7) is 2.47. The van der Waals surface area contributed by atoms with Crippen molar-refractivity contribution < 1.29 is 13.9 Å². The van der Waals surface area contributed by atoms with Crippen molar-refractivity contribution in [2.75, 3.05) is 41.8 Å². The predicted octanol–water partition coefficient (Wildman–Crippen LogP) is 3.38. The number of fused-ring (bicyclic) bond motifs is 2. The number of ether oxygens (including phenoxy) is 1. The topological polar surface area (TPSA) is 179 Å². The fourth-order valence-electron chi connectivity index (χ4n) is 5.50. The number of aromatic nitrogens is 4. The predicted molar refractivity (Wildman–Crippen MR) is 163 cm³/mol. The van der Waals surface area contributed by atoms with Gasteiger partial charge in [0.15, 0.2) is 28.1 Å². The molecule has 42 heavy (non-hydrogen) atoms. The maximum absolute atomic E-state index is 12.9. The van der Waals surface area contributed by atoms with Crippen molar-refractivity contribution in [1.29, 1.82) is 0 Å². The van der Waals surface area contributed by atoms with Crippen LogP contribution in [0.3, 0.4) is 0 Å². The number of anilines is 4. The summed E-state index contributed by atoms with van der Waals surface area (Å²) in [5.41, 5.74) is 13.9. The van der Waals surface area contributed by atoms with E-state index in [1.807, 2.05) is 10.3 Å². The molecule has 0 aromatic carbocycles. The number of carbonyl (C=O) groups excluding carboxylic acids is 1. The normalized spacial score (nSPS) is 19.4. The molecule has 2 fully saturated rings. The first kappa shape index (κ1) is 26.8. The number of amides is 1. The van der Waals surface area contributed by atoms with Crippen molar-refractivity contribution >= 4 is 67.3 Å². The lowest BCUT2D eigenvalue weighted by Gasteiger charge is -2.30. The molecule has 0 unspecified atom stereocenters. The van der Waals surface area contributed by atoms with Crippen LogP contribution in [0.1, 0.15) is 36.0 Å². The zero-order valence-electron chi connectivity index (χ0n) is 22.5. The van der Waals surface area contributed by atoms with E-state index < -0.39 is 5.91 Å². The molecule has 2 aliphatic rings. The minimum atomic E-state index is -0.667. The van der Waals surface area contributed by atoms with Crippen molar-refractivity contribution in [3.63, 3.8) is 0 Å². The van der Waals surface area contributed by atoms with Crippen LogP contribution >= 0.6 is 22.7 Å². The molecule has 218 valence electrons. The first-order chi connectivity index (χ1) is 20.5. The third-order valence-corrected chi connectivity index (χ3v) is 9.60. The van der Waals surface area contributed by atoms with E-state index in [0.29, 0.717) is 59.2 Å². The summed E-state index contributed by atoms with van der Waals surface area (Å²) in [6, 6.07) is 1.58. The Hall–Kier alpha value is -4.05. The van der Waals surface area contributed by atoms with Gasteiger partial charge in [-0.05, 0) is 12.8 Å². The molecule has 7 rings (SSSR count). The van der Waals surface area contributed by atoms with Crippen LogP contribution in [-0.4, -0.2) is 63.6 Å². The summed E-state index contributed by atoms with van der Waals surface area (Å²) in [5, 5.41) is 9.04. The molecular formula is C27H29N9O4S2. The van der Waals surface area contributed by atoms with E-state index in [-0.39, 0.29) is 28.9 Å². The smallest absolute Gasteiger partial charge is 0.256 e. The molecule has 5 aromatic rings. The first-order valence-corrected chi connectivity index (χ1v) is 15.5. The van der Waals surface area contributed by atoms with E-state index in [9.17, 15) is 9.59 Å². The molecule has 0 radical (unpaired) electrons. The van der Waals surface area contributed by atoms with E-state index in [0.717, 1.165) is 36.1 Å². The highest BCUT2D eigenvalue weighted by atomic mass is 32.1. The van der Waals surface area contributed by atoms with Gasteiger partial charge in [0.2, 0.25) is 11.4 Å². The third kappa shape index (κ3) is 4.87. The zero-order valence-corrected chi connectivity index (χ0v) is 24.2. The third-order valence-electron chi connectivity index (χ3n) is 7.68. The van der Waals surface area contributed by atoms with Gasteiger partial charge in [0.1, 0.15) is 10.3 Å². The molecular weight excluding hydrogens is 578 g/mol. The van der Waals surface area contributed by atoms with Gasteiger partial charge in [0.25, 0.3) is 5.91 Å². The first-order valence-electron chi connectivity index (χ1n) is 13.8. The molecule has 13 nitrogen and oxygen atoms in total. The molecule has 1 aliphatic carbocycles. The number of thiophene rings is 1. The van der Waals surface area contributed by atoms with Crippen molar-refractivity contribution in [2.45, 2.75) is 37.8 Å². The molecule has 1 amide bonds. The largest absolute Gasteiger partial charge is 0.439 e. The number of morpholine rings is 1. The SMILES string of the molecule is NC(=O)c1c(Nc2ncc(-c3csc4c(=O)cc(N5CCOCC5)oc34)s2)nc(N[C@H]2CCCC[C@H]2N)n2ccnc12. The minimum absolute atomic E-state index is 0.00267. The van der Waals surface area contributed by atoms with Gasteiger partial charge in [-0.2, -0.15) is 4.98 Å².